The van der Waals surface area contributed by atoms with Crippen molar-refractivity contribution in [3.63, 3.8) is 0 Å². The molecule has 0 heterocycles. The molecule has 0 spiro atoms. The predicted molar refractivity (Wildman–Crippen MR) is 63.6 cm³/mol. The van der Waals surface area contributed by atoms with E-state index in [1.54, 1.807) is 26.4 Å². The Kier molecular flexibility index (Phi) is 4.78. The summed E-state index contributed by atoms with van der Waals surface area (Å²) in [5.41, 5.74) is 0.869. The first kappa shape index (κ1) is 13.3. The van der Waals surface area contributed by atoms with Gasteiger partial charge in [-0.2, -0.15) is 0 Å². The van der Waals surface area contributed by atoms with Gasteiger partial charge in [-0.15, -0.1) is 0 Å². The average Bonchev–Trinajstić information content (AvgIpc) is 2.34. The Bertz CT molecular complexity index is 392. The van der Waals surface area contributed by atoms with Gasteiger partial charge in [-0.25, -0.2) is 0 Å². The molecule has 0 bridgehead atoms. The first-order valence-corrected chi connectivity index (χ1v) is 5.25. The van der Waals surface area contributed by atoms with Gasteiger partial charge >= 0.3 is 5.97 Å². The topological polar surface area (TPSA) is 67.8 Å². The average molecular weight is 239 g/mol. The van der Waals surface area contributed by atoms with Crippen molar-refractivity contribution in [2.45, 2.75) is 13.0 Å². The predicted octanol–water partition coefficient (Wildman–Crippen LogP) is 1.44. The molecule has 17 heavy (non-hydrogen) atoms. The summed E-state index contributed by atoms with van der Waals surface area (Å²) >= 11 is 0. The summed E-state index contributed by atoms with van der Waals surface area (Å²) in [6.45, 7) is 1.78. The summed E-state index contributed by atoms with van der Waals surface area (Å²) in [5.74, 6) is 0.527. The molecule has 0 aliphatic rings. The third-order valence-electron chi connectivity index (χ3n) is 2.46. The number of nitrogens with one attached hydrogen (secondary N) is 1. The lowest BCUT2D eigenvalue weighted by Crippen LogP contribution is -2.25. The number of benzene rings is 1. The van der Waals surface area contributed by atoms with Crippen molar-refractivity contribution in [2.75, 3.05) is 20.8 Å². The van der Waals surface area contributed by atoms with Crippen molar-refractivity contribution in [1.29, 1.82) is 0 Å². The molecule has 2 N–H and O–H groups in total. The molecule has 1 aromatic rings. The monoisotopic (exact) mass is 239 g/mol. The molecule has 0 amide bonds. The number of ether oxygens (including phenoxy) is 2. The molecular formula is C12H17NO4. The summed E-state index contributed by atoms with van der Waals surface area (Å²) in [7, 11) is 3.16. The Balaban J connectivity index is 2.88. The fourth-order valence-electron chi connectivity index (χ4n) is 1.53. The van der Waals surface area contributed by atoms with Gasteiger partial charge in [0.1, 0.15) is 11.5 Å². The van der Waals surface area contributed by atoms with Gasteiger partial charge in [0.2, 0.25) is 0 Å². The van der Waals surface area contributed by atoms with Crippen LogP contribution in [-0.4, -0.2) is 31.8 Å². The highest BCUT2D eigenvalue weighted by Gasteiger charge is 2.13. The fourth-order valence-corrected chi connectivity index (χ4v) is 1.53. The van der Waals surface area contributed by atoms with Crippen LogP contribution in [0, 0.1) is 0 Å². The minimum absolute atomic E-state index is 0.0957. The Morgan fingerprint density at radius 3 is 2.65 bits per heavy atom. The van der Waals surface area contributed by atoms with E-state index in [1.807, 2.05) is 13.0 Å². The number of methoxy groups -OCH3 is 2. The van der Waals surface area contributed by atoms with Crippen molar-refractivity contribution in [3.05, 3.63) is 23.8 Å². The van der Waals surface area contributed by atoms with E-state index in [0.717, 1.165) is 5.56 Å². The summed E-state index contributed by atoms with van der Waals surface area (Å²) in [6, 6.07) is 5.30. The highest BCUT2D eigenvalue weighted by Crippen LogP contribution is 2.28. The molecule has 0 saturated carbocycles. The van der Waals surface area contributed by atoms with E-state index in [0.29, 0.717) is 11.5 Å². The third-order valence-corrected chi connectivity index (χ3v) is 2.46. The SMILES string of the molecule is COc1ccc(OC)c(C(C)NCC(=O)O)c1. The van der Waals surface area contributed by atoms with Crippen molar-refractivity contribution in [1.82, 2.24) is 5.32 Å². The summed E-state index contributed by atoms with van der Waals surface area (Å²) < 4.78 is 10.4. The van der Waals surface area contributed by atoms with Gasteiger partial charge in [-0.1, -0.05) is 0 Å². The zero-order valence-corrected chi connectivity index (χ0v) is 10.2. The largest absolute Gasteiger partial charge is 0.497 e. The zero-order chi connectivity index (χ0) is 12.8. The first-order chi connectivity index (χ1) is 8.08. The molecule has 0 fully saturated rings. The standard InChI is InChI=1S/C12H17NO4/c1-8(13-7-12(14)15)10-6-9(16-2)4-5-11(10)17-3/h4-6,8,13H,7H2,1-3H3,(H,14,15). The van der Waals surface area contributed by atoms with E-state index in [4.69, 9.17) is 14.6 Å². The number of aliphatic carboxylic acids is 1. The molecule has 0 aromatic heterocycles. The van der Waals surface area contributed by atoms with Crippen molar-refractivity contribution in [3.8, 4) is 11.5 Å². The number of carboxylic acid groups (broad SMARTS) is 1. The van der Waals surface area contributed by atoms with Gasteiger partial charge in [-0.3, -0.25) is 4.79 Å². The second-order valence-corrected chi connectivity index (χ2v) is 3.60. The molecule has 0 aliphatic carbocycles. The van der Waals surface area contributed by atoms with E-state index in [9.17, 15) is 4.79 Å². The van der Waals surface area contributed by atoms with E-state index < -0.39 is 5.97 Å². The van der Waals surface area contributed by atoms with Crippen molar-refractivity contribution in [2.24, 2.45) is 0 Å². The molecular weight excluding hydrogens is 222 g/mol. The maximum absolute atomic E-state index is 10.5. The van der Waals surface area contributed by atoms with Gasteiger partial charge in [0, 0.05) is 11.6 Å². The Hall–Kier alpha value is -1.75. The van der Waals surface area contributed by atoms with E-state index in [-0.39, 0.29) is 12.6 Å². The fraction of sp³-hybridized carbons (Fsp3) is 0.417. The number of hydrogen-bond donors (Lipinski definition) is 2. The van der Waals surface area contributed by atoms with Gasteiger partial charge in [0.15, 0.2) is 0 Å². The molecule has 5 heteroatoms. The second kappa shape index (κ2) is 6.10. The van der Waals surface area contributed by atoms with Crippen LogP contribution in [0.1, 0.15) is 18.5 Å². The molecule has 0 radical (unpaired) electrons. The van der Waals surface area contributed by atoms with Crippen LogP contribution in [0.15, 0.2) is 18.2 Å². The van der Waals surface area contributed by atoms with Crippen LogP contribution in [-0.2, 0) is 4.79 Å². The van der Waals surface area contributed by atoms with Gasteiger partial charge in [0.25, 0.3) is 0 Å². The van der Waals surface area contributed by atoms with E-state index >= 15 is 0 Å². The van der Waals surface area contributed by atoms with Crippen LogP contribution in [0.5, 0.6) is 11.5 Å². The third kappa shape index (κ3) is 3.64. The minimum atomic E-state index is -0.890. The van der Waals surface area contributed by atoms with Gasteiger partial charge in [0.05, 0.1) is 20.8 Å². The van der Waals surface area contributed by atoms with Crippen molar-refractivity contribution >= 4 is 5.97 Å². The highest BCUT2D eigenvalue weighted by molar-refractivity contribution is 5.69. The number of carbonyl (C=O) groups is 1. The highest BCUT2D eigenvalue weighted by atomic mass is 16.5. The van der Waals surface area contributed by atoms with Crippen LogP contribution in [0.25, 0.3) is 0 Å². The Morgan fingerprint density at radius 2 is 2.12 bits per heavy atom. The van der Waals surface area contributed by atoms with Crippen molar-refractivity contribution < 1.29 is 19.4 Å². The Labute approximate surface area is 100 Å². The molecule has 5 nitrogen and oxygen atoms in total. The quantitative estimate of drug-likeness (QED) is 0.786. The normalized spacial score (nSPS) is 11.9. The van der Waals surface area contributed by atoms with Crippen LogP contribution in [0.2, 0.25) is 0 Å². The van der Waals surface area contributed by atoms with Gasteiger partial charge < -0.3 is 19.9 Å². The summed E-state index contributed by atoms with van der Waals surface area (Å²) in [4.78, 5) is 10.5. The first-order valence-electron chi connectivity index (χ1n) is 5.25. The maximum Gasteiger partial charge on any atom is 0.317 e. The lowest BCUT2D eigenvalue weighted by atomic mass is 10.1. The van der Waals surface area contributed by atoms with E-state index in [2.05, 4.69) is 5.32 Å². The lowest BCUT2D eigenvalue weighted by Gasteiger charge is -2.17. The summed E-state index contributed by atoms with van der Waals surface area (Å²) in [6.07, 6.45) is 0. The number of rotatable bonds is 6. The molecule has 94 valence electrons. The Morgan fingerprint density at radius 1 is 1.41 bits per heavy atom. The van der Waals surface area contributed by atoms with Crippen LogP contribution in [0.3, 0.4) is 0 Å². The number of hydrogen-bond acceptors (Lipinski definition) is 4. The second-order valence-electron chi connectivity index (χ2n) is 3.60. The maximum atomic E-state index is 10.5. The molecule has 1 rings (SSSR count). The molecule has 1 aromatic carbocycles. The van der Waals surface area contributed by atoms with E-state index in [1.165, 1.54) is 0 Å². The summed E-state index contributed by atoms with van der Waals surface area (Å²) in [5, 5.41) is 11.5. The smallest absolute Gasteiger partial charge is 0.317 e. The lowest BCUT2D eigenvalue weighted by molar-refractivity contribution is -0.136. The molecule has 1 unspecified atom stereocenters. The minimum Gasteiger partial charge on any atom is -0.497 e. The van der Waals surface area contributed by atoms with Gasteiger partial charge in [-0.05, 0) is 25.1 Å². The molecule has 1 atom stereocenters. The van der Waals surface area contributed by atoms with Crippen LogP contribution >= 0.6 is 0 Å². The van der Waals surface area contributed by atoms with Crippen LogP contribution in [0.4, 0.5) is 0 Å². The zero-order valence-electron chi connectivity index (χ0n) is 10.2. The number of carboxylic acids is 1. The van der Waals surface area contributed by atoms with Crippen LogP contribution < -0.4 is 14.8 Å². The molecule has 0 saturated heterocycles. The molecule has 0 aliphatic heterocycles.